The van der Waals surface area contributed by atoms with E-state index in [0.29, 0.717) is 0 Å². The van der Waals surface area contributed by atoms with E-state index in [1.165, 1.54) is 23.9 Å². The topological polar surface area (TPSA) is 55.2 Å². The van der Waals surface area contributed by atoms with Gasteiger partial charge < -0.3 is 4.90 Å². The molecule has 0 atom stereocenters. The lowest BCUT2D eigenvalue weighted by molar-refractivity contribution is -0.132. The molecule has 0 radical (unpaired) electrons. The lowest BCUT2D eigenvalue weighted by Crippen LogP contribution is -2.38. The molecule has 1 aromatic heterocycles. The molecule has 1 aliphatic heterocycles. The van der Waals surface area contributed by atoms with Crippen molar-refractivity contribution in [1.82, 2.24) is 14.7 Å². The number of nitrogens with zero attached hydrogens (tertiary/aromatic N) is 3. The highest BCUT2D eigenvalue weighted by Gasteiger charge is 2.18. The molecule has 0 spiro atoms. The Labute approximate surface area is 131 Å². The fourth-order valence-electron chi connectivity index (χ4n) is 3.44. The van der Waals surface area contributed by atoms with E-state index in [2.05, 4.69) is 5.10 Å². The Hall–Kier alpha value is -1.65. The van der Waals surface area contributed by atoms with E-state index in [0.717, 1.165) is 62.9 Å². The second kappa shape index (κ2) is 7.07. The molecule has 2 aliphatic rings. The minimum Gasteiger partial charge on any atom is -0.341 e. The predicted octanol–water partition coefficient (Wildman–Crippen LogP) is 1.91. The zero-order chi connectivity index (χ0) is 15.4. The van der Waals surface area contributed by atoms with Crippen molar-refractivity contribution in [3.8, 4) is 0 Å². The van der Waals surface area contributed by atoms with Gasteiger partial charge in [0.15, 0.2) is 0 Å². The Morgan fingerprint density at radius 2 is 1.68 bits per heavy atom. The number of aryl methyl sites for hydroxylation is 2. The molecule has 1 aromatic rings. The van der Waals surface area contributed by atoms with Gasteiger partial charge in [0, 0.05) is 19.2 Å². The first-order chi connectivity index (χ1) is 10.7. The van der Waals surface area contributed by atoms with Crippen molar-refractivity contribution in [1.29, 1.82) is 0 Å². The van der Waals surface area contributed by atoms with Crippen molar-refractivity contribution in [2.75, 3.05) is 13.1 Å². The SMILES string of the molecule is O=C(Cn1nc2c(cc1=O)CCCCC2)N1CCCCCC1. The highest BCUT2D eigenvalue weighted by molar-refractivity contribution is 5.75. The van der Waals surface area contributed by atoms with Crippen LogP contribution in [0.1, 0.15) is 56.2 Å². The Morgan fingerprint density at radius 1 is 1.00 bits per heavy atom. The van der Waals surface area contributed by atoms with Crippen LogP contribution in [0.25, 0.3) is 0 Å². The first kappa shape index (κ1) is 15.3. The Bertz CT molecular complexity index is 586. The van der Waals surface area contributed by atoms with Crippen LogP contribution < -0.4 is 5.56 Å². The highest BCUT2D eigenvalue weighted by atomic mass is 16.2. The summed E-state index contributed by atoms with van der Waals surface area (Å²) in [7, 11) is 0. The molecule has 22 heavy (non-hydrogen) atoms. The largest absolute Gasteiger partial charge is 0.341 e. The summed E-state index contributed by atoms with van der Waals surface area (Å²) in [6.07, 6.45) is 9.84. The van der Waals surface area contributed by atoms with E-state index >= 15 is 0 Å². The second-order valence-corrected chi connectivity index (χ2v) is 6.47. The summed E-state index contributed by atoms with van der Waals surface area (Å²) in [5.74, 6) is 0.0325. The minimum atomic E-state index is -0.135. The first-order valence-electron chi connectivity index (χ1n) is 8.62. The third-order valence-corrected chi connectivity index (χ3v) is 4.77. The van der Waals surface area contributed by atoms with Crippen LogP contribution in [0.2, 0.25) is 0 Å². The summed E-state index contributed by atoms with van der Waals surface area (Å²) >= 11 is 0. The van der Waals surface area contributed by atoms with Gasteiger partial charge in [-0.3, -0.25) is 9.59 Å². The molecule has 5 nitrogen and oxygen atoms in total. The van der Waals surface area contributed by atoms with E-state index in [-0.39, 0.29) is 18.0 Å². The van der Waals surface area contributed by atoms with Gasteiger partial charge in [0.1, 0.15) is 6.54 Å². The molecule has 0 N–H and O–H groups in total. The average Bonchev–Trinajstić information content (AvgIpc) is 2.90. The second-order valence-electron chi connectivity index (χ2n) is 6.47. The zero-order valence-corrected chi connectivity index (χ0v) is 13.2. The van der Waals surface area contributed by atoms with Crippen LogP contribution in [0.3, 0.4) is 0 Å². The summed E-state index contributed by atoms with van der Waals surface area (Å²) in [5.41, 5.74) is 1.96. The lowest BCUT2D eigenvalue weighted by atomic mass is 10.1. The van der Waals surface area contributed by atoms with E-state index in [1.807, 2.05) is 4.90 Å². The number of amides is 1. The zero-order valence-electron chi connectivity index (χ0n) is 13.2. The van der Waals surface area contributed by atoms with Crippen LogP contribution in [0.15, 0.2) is 10.9 Å². The van der Waals surface area contributed by atoms with Crippen LogP contribution >= 0.6 is 0 Å². The monoisotopic (exact) mass is 303 g/mol. The number of fused-ring (bicyclic) bond motifs is 1. The molecule has 0 aromatic carbocycles. The van der Waals surface area contributed by atoms with E-state index in [1.54, 1.807) is 6.07 Å². The standard InChI is InChI=1S/C17H25N3O2/c21-16-12-14-8-4-3-5-9-15(14)18-20(16)13-17(22)19-10-6-1-2-7-11-19/h12H,1-11,13H2. The fourth-order valence-corrected chi connectivity index (χ4v) is 3.44. The van der Waals surface area contributed by atoms with Gasteiger partial charge in [-0.25, -0.2) is 4.68 Å². The smallest absolute Gasteiger partial charge is 0.267 e. The number of rotatable bonds is 2. The number of carbonyl (C=O) groups is 1. The molecule has 120 valence electrons. The number of likely N-dealkylation sites (tertiary alicyclic amines) is 1. The summed E-state index contributed by atoms with van der Waals surface area (Å²) in [6.45, 7) is 1.73. The molecule has 3 rings (SSSR count). The van der Waals surface area contributed by atoms with E-state index in [9.17, 15) is 9.59 Å². The van der Waals surface area contributed by atoms with Gasteiger partial charge in [0.2, 0.25) is 5.91 Å². The maximum absolute atomic E-state index is 12.4. The van der Waals surface area contributed by atoms with Crippen LogP contribution in [-0.4, -0.2) is 33.7 Å². The van der Waals surface area contributed by atoms with Gasteiger partial charge in [-0.05, 0) is 44.1 Å². The van der Waals surface area contributed by atoms with Crippen molar-refractivity contribution >= 4 is 5.91 Å². The molecule has 5 heteroatoms. The minimum absolute atomic E-state index is 0.0325. The molecule has 2 heterocycles. The summed E-state index contributed by atoms with van der Waals surface area (Å²) in [6, 6.07) is 1.70. The fraction of sp³-hybridized carbons (Fsp3) is 0.706. The highest BCUT2D eigenvalue weighted by Crippen LogP contribution is 2.17. The molecule has 1 saturated heterocycles. The molecule has 0 unspecified atom stereocenters. The predicted molar refractivity (Wildman–Crippen MR) is 84.8 cm³/mol. The molecule has 0 bridgehead atoms. The van der Waals surface area contributed by atoms with Crippen LogP contribution in [0, 0.1) is 0 Å². The maximum atomic E-state index is 12.4. The maximum Gasteiger partial charge on any atom is 0.267 e. The molecular formula is C17H25N3O2. The van der Waals surface area contributed by atoms with E-state index in [4.69, 9.17) is 0 Å². The Kier molecular flexibility index (Phi) is 4.90. The van der Waals surface area contributed by atoms with Crippen LogP contribution in [0.5, 0.6) is 0 Å². The molecule has 1 aliphatic carbocycles. The van der Waals surface area contributed by atoms with Crippen LogP contribution in [-0.2, 0) is 24.2 Å². The van der Waals surface area contributed by atoms with Crippen molar-refractivity contribution < 1.29 is 4.79 Å². The molecule has 1 fully saturated rings. The summed E-state index contributed by atoms with van der Waals surface area (Å²) in [4.78, 5) is 26.5. The average molecular weight is 303 g/mol. The van der Waals surface area contributed by atoms with Gasteiger partial charge in [0.05, 0.1) is 5.69 Å². The number of hydrogen-bond donors (Lipinski definition) is 0. The molecule has 1 amide bonds. The van der Waals surface area contributed by atoms with Gasteiger partial charge >= 0.3 is 0 Å². The molecular weight excluding hydrogens is 278 g/mol. The normalized spacial score (nSPS) is 19.2. The van der Waals surface area contributed by atoms with Gasteiger partial charge in [-0.1, -0.05) is 19.3 Å². The van der Waals surface area contributed by atoms with E-state index < -0.39 is 0 Å². The van der Waals surface area contributed by atoms with Crippen molar-refractivity contribution in [3.05, 3.63) is 27.7 Å². The molecule has 0 saturated carbocycles. The third kappa shape index (κ3) is 3.57. The lowest BCUT2D eigenvalue weighted by Gasteiger charge is -2.20. The number of carbonyl (C=O) groups excluding carboxylic acids is 1. The van der Waals surface area contributed by atoms with Gasteiger partial charge in [0.25, 0.3) is 5.56 Å². The third-order valence-electron chi connectivity index (χ3n) is 4.77. The number of aromatic nitrogens is 2. The summed E-state index contributed by atoms with van der Waals surface area (Å²) in [5, 5.41) is 4.49. The van der Waals surface area contributed by atoms with Crippen molar-refractivity contribution in [2.24, 2.45) is 0 Å². The van der Waals surface area contributed by atoms with Crippen LogP contribution in [0.4, 0.5) is 0 Å². The first-order valence-corrected chi connectivity index (χ1v) is 8.62. The quantitative estimate of drug-likeness (QED) is 0.784. The van der Waals surface area contributed by atoms with Crippen molar-refractivity contribution in [2.45, 2.75) is 64.3 Å². The van der Waals surface area contributed by atoms with Gasteiger partial charge in [-0.2, -0.15) is 5.10 Å². The van der Waals surface area contributed by atoms with Gasteiger partial charge in [-0.15, -0.1) is 0 Å². The Balaban J connectivity index is 1.75. The Morgan fingerprint density at radius 3 is 2.45 bits per heavy atom. The number of hydrogen-bond acceptors (Lipinski definition) is 3. The van der Waals surface area contributed by atoms with Crippen molar-refractivity contribution in [3.63, 3.8) is 0 Å². The summed E-state index contributed by atoms with van der Waals surface area (Å²) < 4.78 is 1.37.